The summed E-state index contributed by atoms with van der Waals surface area (Å²) in [5.41, 5.74) is 0.660. The summed E-state index contributed by atoms with van der Waals surface area (Å²) in [5, 5.41) is 0. The average Bonchev–Trinajstić information content (AvgIpc) is 2.52. The molecule has 1 aliphatic rings. The summed E-state index contributed by atoms with van der Waals surface area (Å²) < 4.78 is 5.48. The van der Waals surface area contributed by atoms with Crippen LogP contribution in [0.2, 0.25) is 0 Å². The third-order valence-electron chi connectivity index (χ3n) is 3.50. The molecule has 1 fully saturated rings. The Bertz CT molecular complexity index is 548. The fourth-order valence-electron chi connectivity index (χ4n) is 2.21. The highest BCUT2D eigenvalue weighted by Gasteiger charge is 2.24. The fourth-order valence-corrected chi connectivity index (χ4v) is 3.23. The largest absolute Gasteiger partial charge is 0.375 e. The Balaban J connectivity index is 2.10. The number of benzene rings is 1. The van der Waals surface area contributed by atoms with Crippen LogP contribution in [0.15, 0.2) is 29.2 Å². The Kier molecular flexibility index (Phi) is 5.85. The lowest BCUT2D eigenvalue weighted by Gasteiger charge is -2.31. The molecule has 1 saturated heterocycles. The molecule has 1 atom stereocenters. The number of ether oxygens (including phenoxy) is 1. The number of thioether (sulfide) groups is 1. The molecular weight excluding hydrogens is 300 g/mol. The van der Waals surface area contributed by atoms with Gasteiger partial charge in [0.05, 0.1) is 24.0 Å². The normalized spacial score (nSPS) is 18.1. The number of carbonyl (C=O) groups excluding carboxylic acids is 2. The van der Waals surface area contributed by atoms with Gasteiger partial charge in [0.2, 0.25) is 5.91 Å². The van der Waals surface area contributed by atoms with Gasteiger partial charge in [0, 0.05) is 32.1 Å². The maximum atomic E-state index is 12.7. The Morgan fingerprint density at radius 3 is 2.77 bits per heavy atom. The topological polar surface area (TPSA) is 49.9 Å². The van der Waals surface area contributed by atoms with Gasteiger partial charge in [-0.1, -0.05) is 12.1 Å². The minimum absolute atomic E-state index is 0.00977. The highest BCUT2D eigenvalue weighted by Crippen LogP contribution is 2.24. The standard InChI is InChI=1S/C16H22N2O3S/c1-12-10-18(8-9-21-12)16(20)13-6-4-5-7-14(13)22-11-15(19)17(2)3/h4-7,12H,8-11H2,1-3H3. The first-order valence-corrected chi connectivity index (χ1v) is 8.30. The summed E-state index contributed by atoms with van der Waals surface area (Å²) in [4.78, 5) is 28.7. The quantitative estimate of drug-likeness (QED) is 0.792. The summed E-state index contributed by atoms with van der Waals surface area (Å²) in [6, 6.07) is 7.46. The fraction of sp³-hybridized carbons (Fsp3) is 0.500. The molecule has 6 heteroatoms. The first-order chi connectivity index (χ1) is 10.5. The first-order valence-electron chi connectivity index (χ1n) is 7.32. The van der Waals surface area contributed by atoms with Crippen LogP contribution in [-0.2, 0) is 9.53 Å². The third kappa shape index (κ3) is 4.24. The molecule has 5 nitrogen and oxygen atoms in total. The van der Waals surface area contributed by atoms with Gasteiger partial charge in [-0.25, -0.2) is 0 Å². The van der Waals surface area contributed by atoms with Crippen molar-refractivity contribution < 1.29 is 14.3 Å². The summed E-state index contributed by atoms with van der Waals surface area (Å²) in [6.45, 7) is 3.75. The SMILES string of the molecule is CC1CN(C(=O)c2ccccc2SCC(=O)N(C)C)CCO1. The second-order valence-electron chi connectivity index (χ2n) is 5.51. The number of hydrogen-bond acceptors (Lipinski definition) is 4. The van der Waals surface area contributed by atoms with E-state index in [1.807, 2.05) is 36.1 Å². The van der Waals surface area contributed by atoms with Crippen molar-refractivity contribution in [1.29, 1.82) is 0 Å². The number of nitrogens with zero attached hydrogens (tertiary/aromatic N) is 2. The molecule has 0 spiro atoms. The molecule has 0 saturated carbocycles. The zero-order chi connectivity index (χ0) is 16.1. The molecule has 1 aromatic carbocycles. The first kappa shape index (κ1) is 16.8. The van der Waals surface area contributed by atoms with Gasteiger partial charge in [-0.15, -0.1) is 11.8 Å². The van der Waals surface area contributed by atoms with Gasteiger partial charge in [-0.05, 0) is 19.1 Å². The lowest BCUT2D eigenvalue weighted by molar-refractivity contribution is -0.125. The molecule has 1 unspecified atom stereocenters. The van der Waals surface area contributed by atoms with E-state index in [-0.39, 0.29) is 17.9 Å². The van der Waals surface area contributed by atoms with E-state index in [4.69, 9.17) is 4.74 Å². The van der Waals surface area contributed by atoms with Gasteiger partial charge in [0.15, 0.2) is 0 Å². The monoisotopic (exact) mass is 322 g/mol. The second-order valence-corrected chi connectivity index (χ2v) is 6.52. The van der Waals surface area contributed by atoms with Crippen molar-refractivity contribution in [2.24, 2.45) is 0 Å². The van der Waals surface area contributed by atoms with Crippen LogP contribution < -0.4 is 0 Å². The van der Waals surface area contributed by atoms with E-state index < -0.39 is 0 Å². The van der Waals surface area contributed by atoms with Crippen LogP contribution >= 0.6 is 11.8 Å². The van der Waals surface area contributed by atoms with Crippen LogP contribution in [0.3, 0.4) is 0 Å². The molecule has 0 bridgehead atoms. The maximum Gasteiger partial charge on any atom is 0.255 e. The maximum absolute atomic E-state index is 12.7. The molecule has 1 aliphatic heterocycles. The van der Waals surface area contributed by atoms with E-state index in [9.17, 15) is 9.59 Å². The Morgan fingerprint density at radius 2 is 2.09 bits per heavy atom. The minimum atomic E-state index is 0.00977. The highest BCUT2D eigenvalue weighted by molar-refractivity contribution is 8.00. The Hall–Kier alpha value is -1.53. The summed E-state index contributed by atoms with van der Waals surface area (Å²) in [5.74, 6) is 0.374. The van der Waals surface area contributed by atoms with Crippen molar-refractivity contribution >= 4 is 23.6 Å². The number of carbonyl (C=O) groups is 2. The van der Waals surface area contributed by atoms with Gasteiger partial charge in [-0.2, -0.15) is 0 Å². The lowest BCUT2D eigenvalue weighted by Crippen LogP contribution is -2.44. The third-order valence-corrected chi connectivity index (χ3v) is 4.55. The average molecular weight is 322 g/mol. The molecule has 120 valence electrons. The van der Waals surface area contributed by atoms with E-state index in [1.165, 1.54) is 11.8 Å². The second kappa shape index (κ2) is 7.65. The molecule has 1 aromatic rings. The Labute approximate surface area is 135 Å². The van der Waals surface area contributed by atoms with Gasteiger partial charge in [-0.3, -0.25) is 9.59 Å². The number of hydrogen-bond donors (Lipinski definition) is 0. The molecule has 1 heterocycles. The van der Waals surface area contributed by atoms with E-state index in [1.54, 1.807) is 19.0 Å². The predicted molar refractivity (Wildman–Crippen MR) is 87.2 cm³/mol. The van der Waals surface area contributed by atoms with Crippen LogP contribution in [0.5, 0.6) is 0 Å². The van der Waals surface area contributed by atoms with Crippen LogP contribution in [0.25, 0.3) is 0 Å². The van der Waals surface area contributed by atoms with E-state index in [2.05, 4.69) is 0 Å². The smallest absolute Gasteiger partial charge is 0.255 e. The molecule has 0 aromatic heterocycles. The van der Waals surface area contributed by atoms with Crippen LogP contribution in [0.1, 0.15) is 17.3 Å². The van der Waals surface area contributed by atoms with Gasteiger partial charge < -0.3 is 14.5 Å². The van der Waals surface area contributed by atoms with Gasteiger partial charge >= 0.3 is 0 Å². The van der Waals surface area contributed by atoms with Gasteiger partial charge in [0.25, 0.3) is 5.91 Å². The van der Waals surface area contributed by atoms with Crippen LogP contribution in [-0.4, -0.2) is 67.3 Å². The number of amides is 2. The number of morpholine rings is 1. The molecule has 0 aliphatic carbocycles. The van der Waals surface area contributed by atoms with Crippen molar-refractivity contribution in [3.63, 3.8) is 0 Å². The van der Waals surface area contributed by atoms with Crippen molar-refractivity contribution in [3.05, 3.63) is 29.8 Å². The summed E-state index contributed by atoms with van der Waals surface area (Å²) in [7, 11) is 3.46. The highest BCUT2D eigenvalue weighted by atomic mass is 32.2. The summed E-state index contributed by atoms with van der Waals surface area (Å²) >= 11 is 1.41. The molecule has 2 amide bonds. The van der Waals surface area contributed by atoms with E-state index in [0.29, 0.717) is 31.0 Å². The zero-order valence-electron chi connectivity index (χ0n) is 13.2. The zero-order valence-corrected chi connectivity index (χ0v) is 14.1. The molecule has 22 heavy (non-hydrogen) atoms. The van der Waals surface area contributed by atoms with Crippen LogP contribution in [0, 0.1) is 0 Å². The van der Waals surface area contributed by atoms with Crippen LogP contribution in [0.4, 0.5) is 0 Å². The molecular formula is C16H22N2O3S. The number of rotatable bonds is 4. The Morgan fingerprint density at radius 1 is 1.36 bits per heavy atom. The van der Waals surface area contributed by atoms with E-state index >= 15 is 0 Å². The molecule has 0 N–H and O–H groups in total. The summed E-state index contributed by atoms with van der Waals surface area (Å²) in [6.07, 6.45) is 0.0628. The van der Waals surface area contributed by atoms with Crippen molar-refractivity contribution in [1.82, 2.24) is 9.80 Å². The predicted octanol–water partition coefficient (Wildman–Crippen LogP) is 1.73. The lowest BCUT2D eigenvalue weighted by atomic mass is 10.2. The molecule has 2 rings (SSSR count). The van der Waals surface area contributed by atoms with Crippen molar-refractivity contribution in [2.75, 3.05) is 39.5 Å². The van der Waals surface area contributed by atoms with Crippen molar-refractivity contribution in [3.8, 4) is 0 Å². The minimum Gasteiger partial charge on any atom is -0.375 e. The van der Waals surface area contributed by atoms with Gasteiger partial charge in [0.1, 0.15) is 0 Å². The van der Waals surface area contributed by atoms with Crippen molar-refractivity contribution in [2.45, 2.75) is 17.9 Å². The van der Waals surface area contributed by atoms with E-state index in [0.717, 1.165) is 4.90 Å². The molecule has 0 radical (unpaired) electrons.